The number of nitrogens with one attached hydrogen (secondary N) is 1. The molecule has 1 unspecified atom stereocenters. The minimum absolute atomic E-state index is 0.0475. The van der Waals surface area contributed by atoms with E-state index in [1.54, 1.807) is 30.3 Å². The van der Waals surface area contributed by atoms with Crippen molar-refractivity contribution in [3.63, 3.8) is 0 Å². The molecule has 106 valence electrons. The lowest BCUT2D eigenvalue weighted by atomic mass is 10.3. The second-order valence-electron chi connectivity index (χ2n) is 4.46. The zero-order valence-corrected chi connectivity index (χ0v) is 12.5. The van der Waals surface area contributed by atoms with Gasteiger partial charge in [0.15, 0.2) is 0 Å². The van der Waals surface area contributed by atoms with E-state index in [0.29, 0.717) is 13.0 Å². The molecular weight excluding hydrogens is 264 g/mol. The molecule has 1 aromatic heterocycles. The number of carbonyl (C=O) groups excluding carboxylic acids is 2. The number of hydrogen-bond donors (Lipinski definition) is 1. The lowest BCUT2D eigenvalue weighted by Crippen LogP contribution is -2.40. The van der Waals surface area contributed by atoms with Gasteiger partial charge in [0.25, 0.3) is 0 Å². The summed E-state index contributed by atoms with van der Waals surface area (Å²) in [6.07, 6.45) is 0.299. The fourth-order valence-corrected chi connectivity index (χ4v) is 2.51. The Kier molecular flexibility index (Phi) is 5.98. The van der Waals surface area contributed by atoms with Crippen LogP contribution in [0.5, 0.6) is 0 Å². The first-order chi connectivity index (χ1) is 8.93. The van der Waals surface area contributed by atoms with E-state index in [1.807, 2.05) is 19.1 Å². The normalized spacial score (nSPS) is 12.0. The molecule has 1 rings (SSSR count). The highest BCUT2D eigenvalue weighted by atomic mass is 32.1. The van der Waals surface area contributed by atoms with E-state index in [1.165, 1.54) is 7.11 Å². The van der Waals surface area contributed by atoms with Crippen LogP contribution in [-0.4, -0.2) is 44.0 Å². The zero-order valence-electron chi connectivity index (χ0n) is 11.7. The van der Waals surface area contributed by atoms with Gasteiger partial charge in [-0.25, -0.2) is 0 Å². The van der Waals surface area contributed by atoms with Crippen molar-refractivity contribution < 1.29 is 14.3 Å². The Hall–Kier alpha value is -1.40. The van der Waals surface area contributed by atoms with E-state index in [-0.39, 0.29) is 17.9 Å². The van der Waals surface area contributed by atoms with Crippen molar-refractivity contribution in [2.24, 2.45) is 0 Å². The largest absolute Gasteiger partial charge is 0.469 e. The van der Waals surface area contributed by atoms with Gasteiger partial charge in [0.1, 0.15) is 0 Å². The van der Waals surface area contributed by atoms with Crippen LogP contribution in [0.15, 0.2) is 12.1 Å². The molecule has 0 saturated carbocycles. The van der Waals surface area contributed by atoms with Gasteiger partial charge >= 0.3 is 5.97 Å². The summed E-state index contributed by atoms with van der Waals surface area (Å²) in [5.41, 5.74) is 0. The highest BCUT2D eigenvalue weighted by Gasteiger charge is 2.14. The summed E-state index contributed by atoms with van der Waals surface area (Å²) in [5, 5.41) is 3.16. The molecule has 1 amide bonds. The first-order valence-corrected chi connectivity index (χ1v) is 6.84. The monoisotopic (exact) mass is 284 g/mol. The first-order valence-electron chi connectivity index (χ1n) is 6.03. The number of ether oxygens (including phenoxy) is 1. The number of methoxy groups -OCH3 is 1. The van der Waals surface area contributed by atoms with E-state index < -0.39 is 0 Å². The molecule has 0 bridgehead atoms. The molecule has 19 heavy (non-hydrogen) atoms. The van der Waals surface area contributed by atoms with Crippen LogP contribution in [0.3, 0.4) is 0 Å². The summed E-state index contributed by atoms with van der Waals surface area (Å²) in [6, 6.07) is 3.65. The molecule has 0 aliphatic carbocycles. The third-order valence-electron chi connectivity index (χ3n) is 2.66. The number of amides is 1. The maximum atomic E-state index is 11.7. The van der Waals surface area contributed by atoms with Gasteiger partial charge in [0.05, 0.1) is 19.6 Å². The molecule has 1 heterocycles. The van der Waals surface area contributed by atoms with Crippen molar-refractivity contribution in [2.75, 3.05) is 21.2 Å². The Morgan fingerprint density at radius 1 is 1.37 bits per heavy atom. The molecule has 0 spiro atoms. The molecule has 0 fully saturated rings. The molecule has 1 aromatic rings. The molecule has 6 heteroatoms. The van der Waals surface area contributed by atoms with E-state index in [2.05, 4.69) is 10.1 Å². The fraction of sp³-hybridized carbons (Fsp3) is 0.538. The Bertz CT molecular complexity index is 443. The third kappa shape index (κ3) is 5.00. The predicted octanol–water partition coefficient (Wildman–Crippen LogP) is 1.03. The Labute approximate surface area is 117 Å². The summed E-state index contributed by atoms with van der Waals surface area (Å²) in [5.74, 6) is -0.191. The maximum Gasteiger partial charge on any atom is 0.310 e. The van der Waals surface area contributed by atoms with Crippen LogP contribution in [0, 0.1) is 0 Å². The number of hydrogen-bond acceptors (Lipinski definition) is 5. The smallest absolute Gasteiger partial charge is 0.310 e. The fourth-order valence-electron chi connectivity index (χ4n) is 1.56. The standard InChI is InChI=1S/C13H20N2O3S/c1-9(13(17)15(2)3)14-8-11-6-5-10(19-11)7-12(16)18-4/h5-6,9,14H,7-8H2,1-4H3. The van der Waals surface area contributed by atoms with Gasteiger partial charge in [-0.2, -0.15) is 0 Å². The van der Waals surface area contributed by atoms with Crippen LogP contribution in [0.1, 0.15) is 16.7 Å². The van der Waals surface area contributed by atoms with Crippen LogP contribution < -0.4 is 5.32 Å². The zero-order chi connectivity index (χ0) is 14.4. The molecule has 0 aliphatic heterocycles. The van der Waals surface area contributed by atoms with Crippen molar-refractivity contribution >= 4 is 23.2 Å². The Balaban J connectivity index is 2.46. The topological polar surface area (TPSA) is 58.6 Å². The van der Waals surface area contributed by atoms with Gasteiger partial charge in [-0.3, -0.25) is 9.59 Å². The SMILES string of the molecule is COC(=O)Cc1ccc(CNC(C)C(=O)N(C)C)s1. The summed E-state index contributed by atoms with van der Waals surface area (Å²) in [4.78, 5) is 26.4. The van der Waals surface area contributed by atoms with Gasteiger partial charge in [0.2, 0.25) is 5.91 Å². The number of carbonyl (C=O) groups is 2. The quantitative estimate of drug-likeness (QED) is 0.793. The van der Waals surface area contributed by atoms with Crippen LogP contribution in [0.4, 0.5) is 0 Å². The molecule has 0 aliphatic rings. The predicted molar refractivity (Wildman–Crippen MR) is 75.0 cm³/mol. The average molecular weight is 284 g/mol. The van der Waals surface area contributed by atoms with E-state index in [9.17, 15) is 9.59 Å². The first kappa shape index (κ1) is 15.7. The Morgan fingerprint density at radius 3 is 2.58 bits per heavy atom. The van der Waals surface area contributed by atoms with Crippen molar-refractivity contribution in [1.29, 1.82) is 0 Å². The number of thiophene rings is 1. The van der Waals surface area contributed by atoms with Crippen molar-refractivity contribution in [3.05, 3.63) is 21.9 Å². The number of rotatable bonds is 6. The second kappa shape index (κ2) is 7.25. The van der Waals surface area contributed by atoms with Crippen LogP contribution in [0.2, 0.25) is 0 Å². The third-order valence-corrected chi connectivity index (χ3v) is 3.74. The summed E-state index contributed by atoms with van der Waals surface area (Å²) in [6.45, 7) is 2.46. The maximum absolute atomic E-state index is 11.7. The van der Waals surface area contributed by atoms with E-state index in [0.717, 1.165) is 9.75 Å². The summed E-state index contributed by atoms with van der Waals surface area (Å²) in [7, 11) is 4.85. The minimum Gasteiger partial charge on any atom is -0.469 e. The number of nitrogens with zero attached hydrogens (tertiary/aromatic N) is 1. The van der Waals surface area contributed by atoms with Crippen molar-refractivity contribution in [1.82, 2.24) is 10.2 Å². The summed E-state index contributed by atoms with van der Waals surface area (Å²) < 4.78 is 4.62. The van der Waals surface area contributed by atoms with Gasteiger partial charge in [-0.05, 0) is 19.1 Å². The Morgan fingerprint density at radius 2 is 2.00 bits per heavy atom. The molecule has 1 atom stereocenters. The lowest BCUT2D eigenvalue weighted by molar-refractivity contribution is -0.139. The molecule has 5 nitrogen and oxygen atoms in total. The van der Waals surface area contributed by atoms with E-state index in [4.69, 9.17) is 0 Å². The van der Waals surface area contributed by atoms with Gasteiger partial charge in [-0.1, -0.05) is 0 Å². The highest BCUT2D eigenvalue weighted by Crippen LogP contribution is 2.17. The van der Waals surface area contributed by atoms with E-state index >= 15 is 0 Å². The van der Waals surface area contributed by atoms with Gasteiger partial charge in [-0.15, -0.1) is 11.3 Å². The van der Waals surface area contributed by atoms with Crippen LogP contribution in [0.25, 0.3) is 0 Å². The molecular formula is C13H20N2O3S. The van der Waals surface area contributed by atoms with Gasteiger partial charge < -0.3 is 15.0 Å². The molecule has 1 N–H and O–H groups in total. The van der Waals surface area contributed by atoms with Crippen molar-refractivity contribution in [2.45, 2.75) is 25.9 Å². The minimum atomic E-state index is -0.238. The molecule has 0 aromatic carbocycles. The van der Waals surface area contributed by atoms with Crippen LogP contribution in [-0.2, 0) is 27.3 Å². The molecule has 0 radical (unpaired) electrons. The second-order valence-corrected chi connectivity index (χ2v) is 5.71. The average Bonchev–Trinajstić information content (AvgIpc) is 2.82. The van der Waals surface area contributed by atoms with Gasteiger partial charge in [0, 0.05) is 30.4 Å². The number of esters is 1. The lowest BCUT2D eigenvalue weighted by Gasteiger charge is -2.17. The highest BCUT2D eigenvalue weighted by molar-refractivity contribution is 7.12. The van der Waals surface area contributed by atoms with Crippen LogP contribution >= 0.6 is 11.3 Å². The molecule has 0 saturated heterocycles. The van der Waals surface area contributed by atoms with Crippen molar-refractivity contribution in [3.8, 4) is 0 Å². The summed E-state index contributed by atoms with van der Waals surface area (Å²) >= 11 is 1.55. The number of likely N-dealkylation sites (N-methyl/N-ethyl adjacent to an activating group) is 1.